The number of hydrogen-bond donors (Lipinski definition) is 0. The molecule has 0 saturated heterocycles. The number of rotatable bonds is 0. The Hall–Kier alpha value is -0.520. The second-order valence-corrected chi connectivity index (χ2v) is 7.17. The molecule has 0 aromatic rings. The quantitative estimate of drug-likeness (QED) is 0.498. The van der Waals surface area contributed by atoms with Gasteiger partial charge in [-0.2, -0.15) is 0 Å². The van der Waals surface area contributed by atoms with Gasteiger partial charge in [-0.25, -0.2) is 0 Å². The van der Waals surface area contributed by atoms with Crippen LogP contribution in [0.15, 0.2) is 23.3 Å². The molecule has 0 bridgehead atoms. The summed E-state index contributed by atoms with van der Waals surface area (Å²) in [6.45, 7) is 14.5. The SMILES string of the molecule is CC1=CC[C@H](C)C(C)[C@@H]2C(C)=C[C@@H](C)CC(C)[C@H]12. The molecule has 2 aliphatic carbocycles. The van der Waals surface area contributed by atoms with Gasteiger partial charge in [0.15, 0.2) is 0 Å². The smallest absolute Gasteiger partial charge is 0.0109 e. The Morgan fingerprint density at radius 2 is 1.56 bits per heavy atom. The first-order chi connectivity index (χ1) is 8.41. The van der Waals surface area contributed by atoms with Crippen molar-refractivity contribution in [2.45, 2.75) is 54.4 Å². The Labute approximate surface area is 114 Å². The van der Waals surface area contributed by atoms with Crippen LogP contribution in [0, 0.1) is 35.5 Å². The van der Waals surface area contributed by atoms with E-state index in [1.165, 1.54) is 12.8 Å². The molecule has 0 N–H and O–H groups in total. The van der Waals surface area contributed by atoms with Gasteiger partial charge in [-0.1, -0.05) is 51.0 Å². The zero-order valence-electron chi connectivity index (χ0n) is 13.0. The van der Waals surface area contributed by atoms with Crippen LogP contribution in [-0.4, -0.2) is 0 Å². The molecule has 0 saturated carbocycles. The molecule has 6 atom stereocenters. The van der Waals surface area contributed by atoms with Crippen molar-refractivity contribution < 1.29 is 0 Å². The topological polar surface area (TPSA) is 0 Å². The molecule has 0 aromatic heterocycles. The van der Waals surface area contributed by atoms with Gasteiger partial charge in [-0.05, 0) is 62.2 Å². The third-order valence-electron chi connectivity index (χ3n) is 5.62. The summed E-state index contributed by atoms with van der Waals surface area (Å²) >= 11 is 0. The van der Waals surface area contributed by atoms with Gasteiger partial charge >= 0.3 is 0 Å². The molecule has 102 valence electrons. The largest absolute Gasteiger partial charge is 0.0850 e. The molecule has 0 aromatic carbocycles. The van der Waals surface area contributed by atoms with E-state index < -0.39 is 0 Å². The molecule has 2 unspecified atom stereocenters. The minimum Gasteiger partial charge on any atom is -0.0850 e. The van der Waals surface area contributed by atoms with Crippen molar-refractivity contribution in [2.24, 2.45) is 35.5 Å². The maximum Gasteiger partial charge on any atom is -0.0109 e. The van der Waals surface area contributed by atoms with E-state index in [0.29, 0.717) is 0 Å². The summed E-state index contributed by atoms with van der Waals surface area (Å²) in [5, 5.41) is 0. The van der Waals surface area contributed by atoms with Gasteiger partial charge in [0.25, 0.3) is 0 Å². The third-order valence-corrected chi connectivity index (χ3v) is 5.62. The summed E-state index contributed by atoms with van der Waals surface area (Å²) in [7, 11) is 0. The molecule has 0 aliphatic heterocycles. The van der Waals surface area contributed by atoms with Crippen molar-refractivity contribution in [1.82, 2.24) is 0 Å². The number of hydrogen-bond acceptors (Lipinski definition) is 0. The summed E-state index contributed by atoms with van der Waals surface area (Å²) in [5.74, 6) is 4.77. The van der Waals surface area contributed by atoms with E-state index in [9.17, 15) is 0 Å². The lowest BCUT2D eigenvalue weighted by Gasteiger charge is -2.36. The fourth-order valence-electron chi connectivity index (χ4n) is 4.55. The summed E-state index contributed by atoms with van der Waals surface area (Å²) < 4.78 is 0. The summed E-state index contributed by atoms with van der Waals surface area (Å²) in [6, 6.07) is 0. The minimum absolute atomic E-state index is 0.752. The second-order valence-electron chi connectivity index (χ2n) is 7.17. The first-order valence-corrected chi connectivity index (χ1v) is 7.76. The van der Waals surface area contributed by atoms with E-state index >= 15 is 0 Å². The molecule has 18 heavy (non-hydrogen) atoms. The highest BCUT2D eigenvalue weighted by Crippen LogP contribution is 2.47. The van der Waals surface area contributed by atoms with E-state index in [-0.39, 0.29) is 0 Å². The summed E-state index contributed by atoms with van der Waals surface area (Å²) in [6.07, 6.45) is 7.72. The van der Waals surface area contributed by atoms with Crippen LogP contribution in [0.4, 0.5) is 0 Å². The Kier molecular flexibility index (Phi) is 4.04. The van der Waals surface area contributed by atoms with Crippen molar-refractivity contribution in [3.63, 3.8) is 0 Å². The molecular formula is C18H30. The molecule has 0 fully saturated rings. The van der Waals surface area contributed by atoms with Crippen LogP contribution in [0.1, 0.15) is 54.4 Å². The van der Waals surface area contributed by atoms with Crippen molar-refractivity contribution in [3.8, 4) is 0 Å². The third kappa shape index (κ3) is 2.44. The Morgan fingerprint density at radius 3 is 2.22 bits per heavy atom. The van der Waals surface area contributed by atoms with E-state index in [1.54, 1.807) is 11.1 Å². The number of fused-ring (bicyclic) bond motifs is 1. The molecule has 0 heteroatoms. The van der Waals surface area contributed by atoms with Gasteiger partial charge in [0.2, 0.25) is 0 Å². The maximum absolute atomic E-state index is 2.56. The standard InChI is InChI=1S/C18H30/c1-11-9-14(4)17-13(3)8-7-12(2)16(6)18(17)15(5)10-11/h8,10-12,14,16-18H,7,9H2,1-6H3/t11-,12-,14?,16?,17-,18-/m0/s1. The Bertz CT molecular complexity index is 360. The van der Waals surface area contributed by atoms with E-state index in [0.717, 1.165) is 35.5 Å². The molecule has 2 aliphatic rings. The fourth-order valence-corrected chi connectivity index (χ4v) is 4.55. The fraction of sp³-hybridized carbons (Fsp3) is 0.778. The first-order valence-electron chi connectivity index (χ1n) is 7.76. The first kappa shape index (κ1) is 13.9. The van der Waals surface area contributed by atoms with Crippen LogP contribution in [0.5, 0.6) is 0 Å². The Morgan fingerprint density at radius 1 is 0.889 bits per heavy atom. The van der Waals surface area contributed by atoms with Crippen LogP contribution < -0.4 is 0 Å². The molecule has 0 heterocycles. The van der Waals surface area contributed by atoms with Crippen LogP contribution >= 0.6 is 0 Å². The van der Waals surface area contributed by atoms with Gasteiger partial charge in [0.05, 0.1) is 0 Å². The van der Waals surface area contributed by atoms with Gasteiger partial charge in [-0.3, -0.25) is 0 Å². The molecule has 0 amide bonds. The molecule has 2 rings (SSSR count). The molecular weight excluding hydrogens is 216 g/mol. The van der Waals surface area contributed by atoms with Crippen LogP contribution in [0.3, 0.4) is 0 Å². The van der Waals surface area contributed by atoms with Crippen molar-refractivity contribution >= 4 is 0 Å². The molecule has 0 radical (unpaired) electrons. The monoisotopic (exact) mass is 246 g/mol. The van der Waals surface area contributed by atoms with E-state index in [1.807, 2.05) is 0 Å². The average Bonchev–Trinajstić information content (AvgIpc) is 2.46. The second kappa shape index (κ2) is 5.23. The van der Waals surface area contributed by atoms with Crippen molar-refractivity contribution in [2.75, 3.05) is 0 Å². The van der Waals surface area contributed by atoms with Crippen LogP contribution in [-0.2, 0) is 0 Å². The lowest BCUT2D eigenvalue weighted by Crippen LogP contribution is -2.29. The van der Waals surface area contributed by atoms with Gasteiger partial charge < -0.3 is 0 Å². The normalized spacial score (nSPS) is 45.4. The average molecular weight is 246 g/mol. The van der Waals surface area contributed by atoms with E-state index in [4.69, 9.17) is 0 Å². The van der Waals surface area contributed by atoms with Crippen LogP contribution in [0.25, 0.3) is 0 Å². The highest BCUT2D eigenvalue weighted by atomic mass is 14.4. The Balaban J connectivity index is 2.45. The van der Waals surface area contributed by atoms with Gasteiger partial charge in [0.1, 0.15) is 0 Å². The van der Waals surface area contributed by atoms with E-state index in [2.05, 4.69) is 53.7 Å². The van der Waals surface area contributed by atoms with Crippen molar-refractivity contribution in [1.29, 1.82) is 0 Å². The lowest BCUT2D eigenvalue weighted by atomic mass is 9.69. The predicted octanol–water partition coefficient (Wildman–Crippen LogP) is 5.46. The molecule has 0 spiro atoms. The zero-order chi connectivity index (χ0) is 13.4. The van der Waals surface area contributed by atoms with Gasteiger partial charge in [-0.15, -0.1) is 0 Å². The highest BCUT2D eigenvalue weighted by Gasteiger charge is 2.38. The number of allylic oxidation sites excluding steroid dienone is 4. The minimum atomic E-state index is 0.752. The summed E-state index contributed by atoms with van der Waals surface area (Å²) in [4.78, 5) is 0. The maximum atomic E-state index is 2.56. The lowest BCUT2D eigenvalue weighted by molar-refractivity contribution is 0.204. The highest BCUT2D eigenvalue weighted by molar-refractivity contribution is 5.21. The van der Waals surface area contributed by atoms with Gasteiger partial charge in [0, 0.05) is 0 Å². The molecule has 0 nitrogen and oxygen atoms in total. The van der Waals surface area contributed by atoms with Crippen LogP contribution in [0.2, 0.25) is 0 Å². The zero-order valence-corrected chi connectivity index (χ0v) is 13.0. The van der Waals surface area contributed by atoms with Crippen molar-refractivity contribution in [3.05, 3.63) is 23.3 Å². The predicted molar refractivity (Wildman–Crippen MR) is 80.4 cm³/mol. The summed E-state index contributed by atoms with van der Waals surface area (Å²) in [5.41, 5.74) is 3.32.